The fraction of sp³-hybridized carbons (Fsp3) is 0.714. The zero-order valence-corrected chi connectivity index (χ0v) is 6.18. The number of allylic oxidation sites excluding steroid dienone is 1. The topological polar surface area (TPSA) is 35.2 Å². The maximum atomic E-state index is 5.35. The van der Waals surface area contributed by atoms with E-state index < -0.39 is 0 Å². The smallest absolute Gasteiger partial charge is 0.0914 e. The third kappa shape index (κ3) is 5.37. The van der Waals surface area contributed by atoms with Gasteiger partial charge in [0.2, 0.25) is 0 Å². The number of hydrogen-bond acceptors (Lipinski definition) is 2. The van der Waals surface area contributed by atoms with E-state index in [1.54, 1.807) is 0 Å². The van der Waals surface area contributed by atoms with Crippen LogP contribution in [0.5, 0.6) is 0 Å². The van der Waals surface area contributed by atoms with Gasteiger partial charge >= 0.3 is 0 Å². The molecular weight excluding hydrogens is 114 g/mol. The SMILES string of the molecule is C=C(C)OCC(C)CN. The third-order valence-corrected chi connectivity index (χ3v) is 1.02. The Hall–Kier alpha value is -0.500. The van der Waals surface area contributed by atoms with Crippen LogP contribution in [0, 0.1) is 5.92 Å². The summed E-state index contributed by atoms with van der Waals surface area (Å²) < 4.78 is 5.12. The Labute approximate surface area is 56.7 Å². The number of rotatable bonds is 4. The molecule has 0 aliphatic carbocycles. The summed E-state index contributed by atoms with van der Waals surface area (Å²) in [5, 5.41) is 0. The molecule has 0 aromatic heterocycles. The van der Waals surface area contributed by atoms with Crippen LogP contribution in [0.2, 0.25) is 0 Å². The summed E-state index contributed by atoms with van der Waals surface area (Å²) in [7, 11) is 0. The fourth-order valence-corrected chi connectivity index (χ4v) is 0.353. The van der Waals surface area contributed by atoms with E-state index in [1.165, 1.54) is 0 Å². The molecule has 0 amide bonds. The minimum atomic E-state index is 0.432. The van der Waals surface area contributed by atoms with Crippen LogP contribution >= 0.6 is 0 Å². The molecule has 2 N–H and O–H groups in total. The molecule has 0 aliphatic heterocycles. The van der Waals surface area contributed by atoms with Crippen molar-refractivity contribution in [1.82, 2.24) is 0 Å². The molecule has 0 saturated heterocycles. The van der Waals surface area contributed by atoms with Crippen LogP contribution in [0.1, 0.15) is 13.8 Å². The van der Waals surface area contributed by atoms with E-state index in [0.717, 1.165) is 5.76 Å². The lowest BCUT2D eigenvalue weighted by Crippen LogP contribution is -2.15. The molecule has 0 bridgehead atoms. The highest BCUT2D eigenvalue weighted by Crippen LogP contribution is 1.96. The van der Waals surface area contributed by atoms with Crippen molar-refractivity contribution in [2.24, 2.45) is 11.7 Å². The first-order chi connectivity index (χ1) is 4.16. The van der Waals surface area contributed by atoms with Gasteiger partial charge in [0.05, 0.1) is 12.4 Å². The molecule has 0 aliphatic rings. The molecule has 1 atom stereocenters. The highest BCUT2D eigenvalue weighted by molar-refractivity contribution is 4.73. The van der Waals surface area contributed by atoms with Crippen LogP contribution in [0.25, 0.3) is 0 Å². The maximum Gasteiger partial charge on any atom is 0.0914 e. The first-order valence-corrected chi connectivity index (χ1v) is 3.15. The second-order valence-electron chi connectivity index (χ2n) is 2.35. The molecule has 0 heterocycles. The van der Waals surface area contributed by atoms with Crippen molar-refractivity contribution < 1.29 is 4.74 Å². The molecule has 2 heteroatoms. The van der Waals surface area contributed by atoms with Gasteiger partial charge in [-0.05, 0) is 13.5 Å². The van der Waals surface area contributed by atoms with Crippen molar-refractivity contribution in [2.45, 2.75) is 13.8 Å². The molecule has 0 rings (SSSR count). The molecule has 0 aromatic rings. The number of ether oxygens (including phenoxy) is 1. The van der Waals surface area contributed by atoms with Crippen molar-refractivity contribution in [2.75, 3.05) is 13.2 Å². The average Bonchev–Trinajstić information content (AvgIpc) is 1.83. The van der Waals surface area contributed by atoms with Gasteiger partial charge in [-0.3, -0.25) is 0 Å². The Morgan fingerprint density at radius 1 is 1.78 bits per heavy atom. The fourth-order valence-electron chi connectivity index (χ4n) is 0.353. The monoisotopic (exact) mass is 129 g/mol. The summed E-state index contributed by atoms with van der Waals surface area (Å²) in [6, 6.07) is 0. The summed E-state index contributed by atoms with van der Waals surface area (Å²) in [5.41, 5.74) is 5.35. The zero-order valence-electron chi connectivity index (χ0n) is 6.18. The zero-order chi connectivity index (χ0) is 7.28. The molecule has 2 nitrogen and oxygen atoms in total. The van der Waals surface area contributed by atoms with Crippen molar-refractivity contribution in [3.63, 3.8) is 0 Å². The first kappa shape index (κ1) is 8.50. The first-order valence-electron chi connectivity index (χ1n) is 3.15. The van der Waals surface area contributed by atoms with Crippen LogP contribution in [0.4, 0.5) is 0 Å². The van der Waals surface area contributed by atoms with Crippen molar-refractivity contribution in [3.8, 4) is 0 Å². The summed E-state index contributed by atoms with van der Waals surface area (Å²) in [6.45, 7) is 8.84. The van der Waals surface area contributed by atoms with Gasteiger partial charge in [0.15, 0.2) is 0 Å². The van der Waals surface area contributed by atoms with E-state index in [9.17, 15) is 0 Å². The normalized spacial score (nSPS) is 12.8. The lowest BCUT2D eigenvalue weighted by molar-refractivity contribution is 0.178. The predicted molar refractivity (Wildman–Crippen MR) is 39.0 cm³/mol. The summed E-state index contributed by atoms with van der Waals surface area (Å²) in [4.78, 5) is 0. The molecule has 1 unspecified atom stereocenters. The quantitative estimate of drug-likeness (QED) is 0.577. The maximum absolute atomic E-state index is 5.35. The van der Waals surface area contributed by atoms with Gasteiger partial charge in [-0.1, -0.05) is 13.5 Å². The van der Waals surface area contributed by atoms with Gasteiger partial charge in [-0.25, -0.2) is 0 Å². The molecule has 0 fully saturated rings. The van der Waals surface area contributed by atoms with Gasteiger partial charge in [0.1, 0.15) is 0 Å². The van der Waals surface area contributed by atoms with Gasteiger partial charge < -0.3 is 10.5 Å². The van der Waals surface area contributed by atoms with Gasteiger partial charge in [0, 0.05) is 5.92 Å². The molecule has 0 saturated carbocycles. The highest BCUT2D eigenvalue weighted by atomic mass is 16.5. The molecule has 0 spiro atoms. The van der Waals surface area contributed by atoms with E-state index in [4.69, 9.17) is 10.5 Å². The second kappa shape index (κ2) is 4.39. The van der Waals surface area contributed by atoms with Crippen LogP contribution in [-0.4, -0.2) is 13.2 Å². The van der Waals surface area contributed by atoms with Gasteiger partial charge in [0.25, 0.3) is 0 Å². The van der Waals surface area contributed by atoms with Crippen LogP contribution < -0.4 is 5.73 Å². The molecular formula is C7H15NO. The predicted octanol–water partition coefficient (Wildman–Crippen LogP) is 1.13. The number of nitrogens with two attached hydrogens (primary N) is 1. The Morgan fingerprint density at radius 2 is 2.33 bits per heavy atom. The average molecular weight is 129 g/mol. The second-order valence-corrected chi connectivity index (χ2v) is 2.35. The summed E-state index contributed by atoms with van der Waals surface area (Å²) >= 11 is 0. The van der Waals surface area contributed by atoms with E-state index >= 15 is 0 Å². The minimum absolute atomic E-state index is 0.432. The Morgan fingerprint density at radius 3 is 2.67 bits per heavy atom. The van der Waals surface area contributed by atoms with Gasteiger partial charge in [-0.2, -0.15) is 0 Å². The molecule has 9 heavy (non-hydrogen) atoms. The highest BCUT2D eigenvalue weighted by Gasteiger charge is 1.97. The molecule has 0 radical (unpaired) electrons. The standard InChI is InChI=1S/C7H15NO/c1-6(2)9-5-7(3)4-8/h7H,1,4-5,8H2,2-3H3. The lowest BCUT2D eigenvalue weighted by atomic mass is 10.2. The van der Waals surface area contributed by atoms with Crippen molar-refractivity contribution >= 4 is 0 Å². The van der Waals surface area contributed by atoms with E-state index in [1.807, 2.05) is 13.8 Å². The Bertz CT molecular complexity index is 90.9. The van der Waals surface area contributed by atoms with Crippen molar-refractivity contribution in [3.05, 3.63) is 12.3 Å². The van der Waals surface area contributed by atoms with E-state index in [0.29, 0.717) is 19.1 Å². The molecule has 54 valence electrons. The van der Waals surface area contributed by atoms with Crippen LogP contribution in [0.3, 0.4) is 0 Å². The summed E-state index contributed by atoms with van der Waals surface area (Å²) in [5.74, 6) is 1.19. The Kier molecular flexibility index (Phi) is 4.14. The largest absolute Gasteiger partial charge is 0.499 e. The Balaban J connectivity index is 3.16. The van der Waals surface area contributed by atoms with Gasteiger partial charge in [-0.15, -0.1) is 0 Å². The van der Waals surface area contributed by atoms with Crippen molar-refractivity contribution in [1.29, 1.82) is 0 Å². The number of hydrogen-bond donors (Lipinski definition) is 1. The minimum Gasteiger partial charge on any atom is -0.499 e. The third-order valence-electron chi connectivity index (χ3n) is 1.02. The van der Waals surface area contributed by atoms with E-state index in [2.05, 4.69) is 6.58 Å². The van der Waals surface area contributed by atoms with E-state index in [-0.39, 0.29) is 0 Å². The van der Waals surface area contributed by atoms with Crippen LogP contribution in [0.15, 0.2) is 12.3 Å². The molecule has 0 aromatic carbocycles. The lowest BCUT2D eigenvalue weighted by Gasteiger charge is -2.09. The van der Waals surface area contributed by atoms with Crippen LogP contribution in [-0.2, 0) is 4.74 Å². The summed E-state index contributed by atoms with van der Waals surface area (Å²) in [6.07, 6.45) is 0.